The van der Waals surface area contributed by atoms with Gasteiger partial charge >= 0.3 is 0 Å². The van der Waals surface area contributed by atoms with Gasteiger partial charge in [-0.3, -0.25) is 0 Å². The van der Waals surface area contributed by atoms with Gasteiger partial charge in [0.2, 0.25) is 0 Å². The predicted molar refractivity (Wildman–Crippen MR) is 109 cm³/mol. The first-order valence-electron chi connectivity index (χ1n) is 8.29. The van der Waals surface area contributed by atoms with Gasteiger partial charge in [0.1, 0.15) is 6.61 Å². The summed E-state index contributed by atoms with van der Waals surface area (Å²) < 4.78 is 2.08. The fourth-order valence-corrected chi connectivity index (χ4v) is 3.19. The molecule has 27 heavy (non-hydrogen) atoms. The van der Waals surface area contributed by atoms with Crippen molar-refractivity contribution in [2.75, 3.05) is 0 Å². The van der Waals surface area contributed by atoms with Gasteiger partial charge in [-0.2, -0.15) is 5.26 Å². The molecule has 0 aliphatic rings. The Kier molecular flexibility index (Phi) is 5.85. The first kappa shape index (κ1) is 19.0. The minimum Gasteiger partial charge on any atom is -0.391 e. The van der Waals surface area contributed by atoms with Gasteiger partial charge in [-0.05, 0) is 44.2 Å². The number of aryl methyl sites for hydroxylation is 1. The molecule has 0 atom stereocenters. The maximum atomic E-state index is 9.10. The molecule has 4 nitrogen and oxygen atoms in total. The topological polar surface area (TPSA) is 50.3 Å². The molecule has 0 aliphatic heterocycles. The zero-order valence-electron chi connectivity index (χ0n) is 14.9. The predicted octanol–water partition coefficient (Wildman–Crippen LogP) is 5.82. The summed E-state index contributed by atoms with van der Waals surface area (Å²) in [6, 6.07) is 17.0. The molecule has 0 spiro atoms. The van der Waals surface area contributed by atoms with Crippen molar-refractivity contribution in [1.82, 2.24) is 4.57 Å². The third-order valence-electron chi connectivity index (χ3n) is 4.26. The molecule has 3 aromatic rings. The van der Waals surface area contributed by atoms with Crippen molar-refractivity contribution >= 4 is 29.4 Å². The summed E-state index contributed by atoms with van der Waals surface area (Å²) in [5, 5.41) is 14.2. The normalized spacial score (nSPS) is 10.9. The fourth-order valence-electron chi connectivity index (χ4n) is 2.90. The molecule has 1 heterocycles. The molecule has 0 bridgehead atoms. The highest BCUT2D eigenvalue weighted by molar-refractivity contribution is 6.42. The summed E-state index contributed by atoms with van der Waals surface area (Å²) in [4.78, 5) is 5.38. The highest BCUT2D eigenvalue weighted by atomic mass is 35.5. The number of oxime groups is 1. The van der Waals surface area contributed by atoms with Crippen LogP contribution in [0.2, 0.25) is 10.0 Å². The Morgan fingerprint density at radius 3 is 2.63 bits per heavy atom. The number of rotatable bonds is 5. The number of hydrogen-bond acceptors (Lipinski definition) is 3. The second kappa shape index (κ2) is 8.30. The summed E-state index contributed by atoms with van der Waals surface area (Å²) in [6.45, 7) is 4.25. The van der Waals surface area contributed by atoms with E-state index >= 15 is 0 Å². The number of nitrogens with zero attached hydrogens (tertiary/aromatic N) is 3. The molecule has 0 saturated carbocycles. The Morgan fingerprint density at radius 1 is 1.11 bits per heavy atom. The molecule has 0 aliphatic carbocycles. The highest BCUT2D eigenvalue weighted by Gasteiger charge is 2.11. The Balaban J connectivity index is 1.77. The Labute approximate surface area is 168 Å². The third-order valence-corrected chi connectivity index (χ3v) is 4.99. The fraction of sp³-hybridized carbons (Fsp3) is 0.143. The van der Waals surface area contributed by atoms with Gasteiger partial charge in [0.05, 0.1) is 27.9 Å². The lowest BCUT2D eigenvalue weighted by atomic mass is 10.1. The van der Waals surface area contributed by atoms with Crippen molar-refractivity contribution in [1.29, 1.82) is 5.26 Å². The van der Waals surface area contributed by atoms with Crippen LogP contribution in [0.4, 0.5) is 0 Å². The quantitative estimate of drug-likeness (QED) is 0.402. The van der Waals surface area contributed by atoms with Gasteiger partial charge in [0.25, 0.3) is 0 Å². The van der Waals surface area contributed by atoms with Crippen molar-refractivity contribution in [2.24, 2.45) is 5.16 Å². The first-order chi connectivity index (χ1) is 13.0. The number of benzene rings is 2. The van der Waals surface area contributed by atoms with E-state index in [1.165, 1.54) is 0 Å². The largest absolute Gasteiger partial charge is 0.391 e. The molecule has 3 rings (SSSR count). The van der Waals surface area contributed by atoms with Crippen LogP contribution in [0, 0.1) is 25.2 Å². The number of halogens is 2. The zero-order valence-corrected chi connectivity index (χ0v) is 16.4. The number of nitriles is 1. The van der Waals surface area contributed by atoms with Crippen LogP contribution in [0.5, 0.6) is 0 Å². The van der Waals surface area contributed by atoms with E-state index in [1.54, 1.807) is 18.3 Å². The summed E-state index contributed by atoms with van der Waals surface area (Å²) in [5.41, 5.74) is 5.32. The van der Waals surface area contributed by atoms with E-state index in [9.17, 15) is 0 Å². The smallest absolute Gasteiger partial charge is 0.143 e. The van der Waals surface area contributed by atoms with Crippen LogP contribution in [0.25, 0.3) is 5.69 Å². The van der Waals surface area contributed by atoms with E-state index in [0.29, 0.717) is 15.6 Å². The minimum atomic E-state index is 0.242. The maximum Gasteiger partial charge on any atom is 0.143 e. The summed E-state index contributed by atoms with van der Waals surface area (Å²) in [5.74, 6) is 0. The molecule has 0 amide bonds. The average molecular weight is 398 g/mol. The van der Waals surface area contributed by atoms with Gasteiger partial charge in [-0.15, -0.1) is 0 Å². The van der Waals surface area contributed by atoms with Crippen molar-refractivity contribution in [3.8, 4) is 11.8 Å². The average Bonchev–Trinajstić information content (AvgIpc) is 2.95. The molecule has 0 unspecified atom stereocenters. The molecule has 0 saturated heterocycles. The molecular formula is C21H17Cl2N3O. The summed E-state index contributed by atoms with van der Waals surface area (Å²) in [6.07, 6.45) is 1.67. The van der Waals surface area contributed by atoms with Gasteiger partial charge in [0, 0.05) is 28.2 Å². The summed E-state index contributed by atoms with van der Waals surface area (Å²) >= 11 is 12.2. The summed E-state index contributed by atoms with van der Waals surface area (Å²) in [7, 11) is 0. The Morgan fingerprint density at radius 2 is 1.89 bits per heavy atom. The van der Waals surface area contributed by atoms with E-state index in [0.717, 1.165) is 28.2 Å². The highest BCUT2D eigenvalue weighted by Crippen LogP contribution is 2.27. The van der Waals surface area contributed by atoms with E-state index in [-0.39, 0.29) is 6.61 Å². The zero-order chi connectivity index (χ0) is 19.4. The van der Waals surface area contributed by atoms with Gasteiger partial charge in [-0.1, -0.05) is 46.6 Å². The lowest BCUT2D eigenvalue weighted by Crippen LogP contribution is -1.99. The van der Waals surface area contributed by atoms with Crippen LogP contribution in [0.15, 0.2) is 53.7 Å². The molecule has 0 N–H and O–H groups in total. The van der Waals surface area contributed by atoms with E-state index in [4.69, 9.17) is 33.3 Å². The maximum absolute atomic E-state index is 9.10. The van der Waals surface area contributed by atoms with E-state index in [1.807, 2.05) is 50.2 Å². The van der Waals surface area contributed by atoms with Gasteiger partial charge in [0.15, 0.2) is 0 Å². The van der Waals surface area contributed by atoms with Gasteiger partial charge in [-0.25, -0.2) is 0 Å². The van der Waals surface area contributed by atoms with Crippen molar-refractivity contribution in [2.45, 2.75) is 20.5 Å². The lowest BCUT2D eigenvalue weighted by Gasteiger charge is -2.10. The van der Waals surface area contributed by atoms with Crippen molar-refractivity contribution < 1.29 is 4.84 Å². The standard InChI is InChI=1S/C21H17Cl2N3O/c1-14-9-18(12-25-27-13-17-6-4-3-5-16(17)11-24)15(2)26(14)19-7-8-20(22)21(23)10-19/h3-10,12H,13H2,1-2H3/b25-12+. The Bertz CT molecular complexity index is 1050. The van der Waals surface area contributed by atoms with Crippen LogP contribution >= 0.6 is 23.2 Å². The molecule has 2 aromatic carbocycles. The number of hydrogen-bond donors (Lipinski definition) is 0. The third kappa shape index (κ3) is 4.16. The second-order valence-corrected chi connectivity index (χ2v) is 6.85. The monoisotopic (exact) mass is 397 g/mol. The van der Waals surface area contributed by atoms with Crippen LogP contribution < -0.4 is 0 Å². The number of aromatic nitrogens is 1. The minimum absolute atomic E-state index is 0.242. The van der Waals surface area contributed by atoms with Crippen LogP contribution in [-0.4, -0.2) is 10.8 Å². The first-order valence-corrected chi connectivity index (χ1v) is 9.04. The van der Waals surface area contributed by atoms with Gasteiger partial charge < -0.3 is 9.40 Å². The molecule has 1 aromatic heterocycles. The second-order valence-electron chi connectivity index (χ2n) is 6.04. The molecule has 6 heteroatoms. The molecular weight excluding hydrogens is 381 g/mol. The molecule has 0 fully saturated rings. The SMILES string of the molecule is Cc1cc(/C=N/OCc2ccccc2C#N)c(C)n1-c1ccc(Cl)c(Cl)c1. The van der Waals surface area contributed by atoms with Crippen LogP contribution in [0.3, 0.4) is 0 Å². The van der Waals surface area contributed by atoms with Crippen molar-refractivity contribution in [3.05, 3.63) is 86.7 Å². The van der Waals surface area contributed by atoms with E-state index in [2.05, 4.69) is 15.8 Å². The van der Waals surface area contributed by atoms with Crippen LogP contribution in [0.1, 0.15) is 28.1 Å². The lowest BCUT2D eigenvalue weighted by molar-refractivity contribution is 0.132. The molecule has 0 radical (unpaired) electrons. The van der Waals surface area contributed by atoms with Crippen LogP contribution in [-0.2, 0) is 11.4 Å². The molecule has 136 valence electrons. The van der Waals surface area contributed by atoms with Crippen molar-refractivity contribution in [3.63, 3.8) is 0 Å². The Hall–Kier alpha value is -2.74. The van der Waals surface area contributed by atoms with E-state index < -0.39 is 0 Å².